The summed E-state index contributed by atoms with van der Waals surface area (Å²) in [5.74, 6) is 0. The minimum Gasteiger partial charge on any atom is -0.384 e. The first kappa shape index (κ1) is 7.06. The highest BCUT2D eigenvalue weighted by Gasteiger charge is 1.87. The van der Waals surface area contributed by atoms with Gasteiger partial charge in [0.25, 0.3) is 0 Å². The van der Waals surface area contributed by atoms with E-state index in [0.29, 0.717) is 0 Å². The minimum atomic E-state index is 0.949. The molecule has 1 aromatic rings. The molecule has 2 nitrogen and oxygen atoms in total. The number of nitrogens with zero attached hydrogens (tertiary/aromatic N) is 1. The number of anilines is 1. The highest BCUT2D eigenvalue weighted by molar-refractivity contribution is 5.40. The summed E-state index contributed by atoms with van der Waals surface area (Å²) < 4.78 is 0. The molecule has 1 aromatic heterocycles. The van der Waals surface area contributed by atoms with Crippen LogP contribution in [0.5, 0.6) is 0 Å². The average Bonchev–Trinajstić information content (AvgIpc) is 1.95. The lowest BCUT2D eigenvalue weighted by molar-refractivity contribution is 1.16. The van der Waals surface area contributed by atoms with Gasteiger partial charge in [0, 0.05) is 12.2 Å². The smallest absolute Gasteiger partial charge is 0.0526 e. The third kappa shape index (κ3) is 1.72. The maximum atomic E-state index is 4.14. The van der Waals surface area contributed by atoms with E-state index in [2.05, 4.69) is 17.2 Å². The van der Waals surface area contributed by atoms with Crippen LogP contribution in [0.15, 0.2) is 18.3 Å². The molecular formula is C8H12N2. The van der Waals surface area contributed by atoms with Crippen LogP contribution in [0.1, 0.15) is 12.6 Å². The normalized spacial score (nSPS) is 9.40. The van der Waals surface area contributed by atoms with E-state index >= 15 is 0 Å². The number of hydrogen-bond donors (Lipinski definition) is 1. The minimum absolute atomic E-state index is 0.949. The van der Waals surface area contributed by atoms with E-state index in [1.807, 2.05) is 25.3 Å². The fourth-order valence-electron chi connectivity index (χ4n) is 0.777. The molecule has 1 N–H and O–H groups in total. The van der Waals surface area contributed by atoms with Gasteiger partial charge in [-0.2, -0.15) is 0 Å². The molecule has 0 spiro atoms. The first-order valence-corrected chi connectivity index (χ1v) is 3.49. The molecule has 0 bridgehead atoms. The van der Waals surface area contributed by atoms with Crippen molar-refractivity contribution in [2.45, 2.75) is 13.8 Å². The third-order valence-corrected chi connectivity index (χ3v) is 1.29. The van der Waals surface area contributed by atoms with Gasteiger partial charge in [0.1, 0.15) is 0 Å². The van der Waals surface area contributed by atoms with Crippen molar-refractivity contribution in [3.63, 3.8) is 0 Å². The highest BCUT2D eigenvalue weighted by Crippen LogP contribution is 2.03. The first-order valence-electron chi connectivity index (χ1n) is 3.49. The van der Waals surface area contributed by atoms with Gasteiger partial charge in [0.2, 0.25) is 0 Å². The van der Waals surface area contributed by atoms with Crippen LogP contribution >= 0.6 is 0 Å². The Morgan fingerprint density at radius 3 is 2.80 bits per heavy atom. The molecule has 0 aliphatic heterocycles. The summed E-state index contributed by atoms with van der Waals surface area (Å²) in [6.07, 6.45) is 1.85. The molecule has 54 valence electrons. The Morgan fingerprint density at radius 2 is 2.30 bits per heavy atom. The molecule has 1 rings (SSSR count). The van der Waals surface area contributed by atoms with Gasteiger partial charge in [0.15, 0.2) is 0 Å². The number of hydrogen-bond acceptors (Lipinski definition) is 2. The SMILES string of the molecule is CCNc1ccc(C)nc1. The monoisotopic (exact) mass is 136 g/mol. The fourth-order valence-corrected chi connectivity index (χ4v) is 0.777. The Morgan fingerprint density at radius 1 is 1.50 bits per heavy atom. The van der Waals surface area contributed by atoms with Gasteiger partial charge in [-0.25, -0.2) is 0 Å². The zero-order chi connectivity index (χ0) is 7.40. The Labute approximate surface area is 61.3 Å². The molecule has 2 heteroatoms. The molecule has 0 unspecified atom stereocenters. The van der Waals surface area contributed by atoms with E-state index in [0.717, 1.165) is 17.9 Å². The zero-order valence-corrected chi connectivity index (χ0v) is 6.39. The summed E-state index contributed by atoms with van der Waals surface area (Å²) in [7, 11) is 0. The summed E-state index contributed by atoms with van der Waals surface area (Å²) in [6.45, 7) is 5.00. The second-order valence-corrected chi connectivity index (χ2v) is 2.22. The van der Waals surface area contributed by atoms with Gasteiger partial charge < -0.3 is 5.32 Å². The Bertz CT molecular complexity index is 191. The predicted molar refractivity (Wildman–Crippen MR) is 43.1 cm³/mol. The number of nitrogens with one attached hydrogen (secondary N) is 1. The predicted octanol–water partition coefficient (Wildman–Crippen LogP) is 1.82. The fraction of sp³-hybridized carbons (Fsp3) is 0.375. The van der Waals surface area contributed by atoms with Crippen molar-refractivity contribution >= 4 is 5.69 Å². The standard InChI is InChI=1S/C8H12N2/c1-3-9-8-5-4-7(2)10-6-8/h4-6,9H,3H2,1-2H3. The molecule has 1 heterocycles. The maximum Gasteiger partial charge on any atom is 0.0526 e. The molecule has 0 saturated carbocycles. The van der Waals surface area contributed by atoms with Crippen molar-refractivity contribution in [1.29, 1.82) is 0 Å². The van der Waals surface area contributed by atoms with Crippen LogP contribution in [0.25, 0.3) is 0 Å². The van der Waals surface area contributed by atoms with Gasteiger partial charge in [-0.1, -0.05) is 0 Å². The van der Waals surface area contributed by atoms with Crippen molar-refractivity contribution in [1.82, 2.24) is 4.98 Å². The van der Waals surface area contributed by atoms with Gasteiger partial charge >= 0.3 is 0 Å². The van der Waals surface area contributed by atoms with E-state index in [1.54, 1.807) is 0 Å². The maximum absolute atomic E-state index is 4.14. The molecule has 0 saturated heterocycles. The summed E-state index contributed by atoms with van der Waals surface area (Å²) in [6, 6.07) is 4.03. The van der Waals surface area contributed by atoms with E-state index in [1.165, 1.54) is 0 Å². The summed E-state index contributed by atoms with van der Waals surface area (Å²) in [5.41, 5.74) is 2.15. The van der Waals surface area contributed by atoms with Gasteiger partial charge in [-0.05, 0) is 26.0 Å². The van der Waals surface area contributed by atoms with Crippen LogP contribution in [0.3, 0.4) is 0 Å². The van der Waals surface area contributed by atoms with Gasteiger partial charge in [-0.15, -0.1) is 0 Å². The molecule has 0 radical (unpaired) electrons. The summed E-state index contributed by atoms with van der Waals surface area (Å²) in [4.78, 5) is 4.14. The van der Waals surface area contributed by atoms with E-state index in [9.17, 15) is 0 Å². The Kier molecular flexibility index (Phi) is 2.26. The second kappa shape index (κ2) is 3.20. The van der Waals surface area contributed by atoms with Crippen LogP contribution in [0, 0.1) is 6.92 Å². The average molecular weight is 136 g/mol. The number of pyridine rings is 1. The van der Waals surface area contributed by atoms with Crippen LogP contribution in [0.4, 0.5) is 5.69 Å². The van der Waals surface area contributed by atoms with Crippen LogP contribution in [-0.2, 0) is 0 Å². The Balaban J connectivity index is 2.69. The molecule has 0 amide bonds. The number of aryl methyl sites for hydroxylation is 1. The van der Waals surface area contributed by atoms with Crippen molar-refractivity contribution in [2.24, 2.45) is 0 Å². The highest BCUT2D eigenvalue weighted by atomic mass is 14.9. The molecule has 0 aliphatic carbocycles. The van der Waals surface area contributed by atoms with Crippen molar-refractivity contribution in [3.05, 3.63) is 24.0 Å². The summed E-state index contributed by atoms with van der Waals surface area (Å²) >= 11 is 0. The molecule has 0 aliphatic rings. The van der Waals surface area contributed by atoms with Crippen LogP contribution in [-0.4, -0.2) is 11.5 Å². The van der Waals surface area contributed by atoms with E-state index in [4.69, 9.17) is 0 Å². The van der Waals surface area contributed by atoms with Gasteiger partial charge in [-0.3, -0.25) is 4.98 Å². The number of rotatable bonds is 2. The molecule has 10 heavy (non-hydrogen) atoms. The van der Waals surface area contributed by atoms with Crippen LogP contribution < -0.4 is 5.32 Å². The lowest BCUT2D eigenvalue weighted by Crippen LogP contribution is -1.96. The topological polar surface area (TPSA) is 24.9 Å². The quantitative estimate of drug-likeness (QED) is 0.670. The molecule has 0 aromatic carbocycles. The van der Waals surface area contributed by atoms with Crippen molar-refractivity contribution in [2.75, 3.05) is 11.9 Å². The van der Waals surface area contributed by atoms with E-state index < -0.39 is 0 Å². The number of aromatic nitrogens is 1. The van der Waals surface area contributed by atoms with Crippen LogP contribution in [0.2, 0.25) is 0 Å². The van der Waals surface area contributed by atoms with Crippen molar-refractivity contribution < 1.29 is 0 Å². The summed E-state index contributed by atoms with van der Waals surface area (Å²) in [5, 5.41) is 3.17. The zero-order valence-electron chi connectivity index (χ0n) is 6.39. The third-order valence-electron chi connectivity index (χ3n) is 1.29. The largest absolute Gasteiger partial charge is 0.384 e. The second-order valence-electron chi connectivity index (χ2n) is 2.22. The first-order chi connectivity index (χ1) is 4.83. The molecule has 0 atom stereocenters. The van der Waals surface area contributed by atoms with E-state index in [-0.39, 0.29) is 0 Å². The lowest BCUT2D eigenvalue weighted by atomic mass is 10.3. The van der Waals surface area contributed by atoms with Gasteiger partial charge in [0.05, 0.1) is 11.9 Å². The molecule has 0 fully saturated rings. The lowest BCUT2D eigenvalue weighted by Gasteiger charge is -2.00. The molecular weight excluding hydrogens is 124 g/mol. The Hall–Kier alpha value is -1.05. The van der Waals surface area contributed by atoms with Crippen molar-refractivity contribution in [3.8, 4) is 0 Å².